The molecule has 1 aliphatic carbocycles. The Morgan fingerprint density at radius 2 is 2.00 bits per heavy atom. The van der Waals surface area contributed by atoms with Gasteiger partial charge in [-0.15, -0.1) is 5.10 Å². The van der Waals surface area contributed by atoms with E-state index in [0.717, 1.165) is 55.8 Å². The molecule has 8 nitrogen and oxygen atoms in total. The minimum Gasteiger partial charge on any atom is -0.405 e. The molecule has 8 heteroatoms. The first-order chi connectivity index (χ1) is 15.3. The molecule has 4 rings (SSSR count). The van der Waals surface area contributed by atoms with Crippen molar-refractivity contribution in [1.29, 1.82) is 0 Å². The maximum Gasteiger partial charge on any atom is 0.320 e. The van der Waals surface area contributed by atoms with Crippen LogP contribution in [-0.4, -0.2) is 56.7 Å². The number of anilines is 2. The third-order valence-corrected chi connectivity index (χ3v) is 6.79. The van der Waals surface area contributed by atoms with Crippen molar-refractivity contribution in [2.45, 2.75) is 72.1 Å². The first kappa shape index (κ1) is 22.7. The van der Waals surface area contributed by atoms with E-state index in [-0.39, 0.29) is 23.9 Å². The first-order valence-electron chi connectivity index (χ1n) is 11.7. The third kappa shape index (κ3) is 4.96. The molecule has 1 saturated carbocycles. The van der Waals surface area contributed by atoms with E-state index in [2.05, 4.69) is 58.2 Å². The lowest BCUT2D eigenvalue weighted by Gasteiger charge is -2.41. The predicted molar refractivity (Wildman–Crippen MR) is 123 cm³/mol. The van der Waals surface area contributed by atoms with Crippen LogP contribution in [0.15, 0.2) is 16.5 Å². The molecule has 32 heavy (non-hydrogen) atoms. The van der Waals surface area contributed by atoms with Crippen LogP contribution >= 0.6 is 0 Å². The molecule has 0 radical (unpaired) electrons. The van der Waals surface area contributed by atoms with Crippen molar-refractivity contribution < 1.29 is 14.3 Å². The van der Waals surface area contributed by atoms with Crippen LogP contribution in [0, 0.1) is 19.8 Å². The van der Waals surface area contributed by atoms with Gasteiger partial charge in [0.15, 0.2) is 0 Å². The molecule has 2 heterocycles. The van der Waals surface area contributed by atoms with Crippen LogP contribution in [0.1, 0.15) is 68.2 Å². The van der Waals surface area contributed by atoms with Crippen LogP contribution in [-0.2, 0) is 11.3 Å². The SMILES string of the molecule is Cc1cc(CN2CCN(C(=O)C3CCCC3)[C@@H](C)C2)c(C)c(Nc2nnc(C(C)O)o2)c1. The lowest BCUT2D eigenvalue weighted by molar-refractivity contribution is -0.140. The van der Waals surface area contributed by atoms with Gasteiger partial charge in [-0.2, -0.15) is 0 Å². The number of aromatic nitrogens is 2. The Kier molecular flexibility index (Phi) is 6.81. The van der Waals surface area contributed by atoms with Gasteiger partial charge in [-0.1, -0.05) is 24.0 Å². The van der Waals surface area contributed by atoms with Crippen LogP contribution in [0.4, 0.5) is 11.7 Å². The van der Waals surface area contributed by atoms with E-state index in [0.29, 0.717) is 5.91 Å². The minimum absolute atomic E-state index is 0.192. The van der Waals surface area contributed by atoms with Crippen molar-refractivity contribution in [3.05, 3.63) is 34.7 Å². The fourth-order valence-corrected chi connectivity index (χ4v) is 4.95. The van der Waals surface area contributed by atoms with Crippen LogP contribution < -0.4 is 5.32 Å². The van der Waals surface area contributed by atoms with E-state index in [1.165, 1.54) is 18.4 Å². The third-order valence-electron chi connectivity index (χ3n) is 6.79. The molecule has 1 aliphatic heterocycles. The van der Waals surface area contributed by atoms with Gasteiger partial charge in [-0.05, 0) is 63.3 Å². The van der Waals surface area contributed by atoms with Crippen molar-refractivity contribution in [3.8, 4) is 0 Å². The van der Waals surface area contributed by atoms with Crippen molar-refractivity contribution in [2.24, 2.45) is 5.92 Å². The minimum atomic E-state index is -0.798. The molecule has 1 unspecified atom stereocenters. The highest BCUT2D eigenvalue weighted by Gasteiger charge is 2.33. The highest BCUT2D eigenvalue weighted by atomic mass is 16.4. The van der Waals surface area contributed by atoms with E-state index >= 15 is 0 Å². The number of carbonyl (C=O) groups excluding carboxylic acids is 1. The van der Waals surface area contributed by atoms with E-state index in [4.69, 9.17) is 4.42 Å². The van der Waals surface area contributed by atoms with Crippen molar-refractivity contribution in [3.63, 3.8) is 0 Å². The average molecular weight is 442 g/mol. The maximum atomic E-state index is 12.9. The van der Waals surface area contributed by atoms with Gasteiger partial charge in [-0.3, -0.25) is 9.69 Å². The second kappa shape index (κ2) is 9.58. The summed E-state index contributed by atoms with van der Waals surface area (Å²) < 4.78 is 5.49. The Morgan fingerprint density at radius 1 is 1.25 bits per heavy atom. The number of rotatable bonds is 6. The molecule has 0 spiro atoms. The molecule has 174 valence electrons. The molecule has 2 aromatic rings. The first-order valence-corrected chi connectivity index (χ1v) is 11.7. The maximum absolute atomic E-state index is 12.9. The van der Waals surface area contributed by atoms with E-state index in [1.807, 2.05) is 0 Å². The molecule has 1 amide bonds. The molecule has 2 N–H and O–H groups in total. The molecule has 1 aromatic heterocycles. The molecule has 1 aromatic carbocycles. The molecular formula is C24H35N5O3. The number of aliphatic hydroxyl groups is 1. The number of piperazine rings is 1. The molecule has 1 saturated heterocycles. The average Bonchev–Trinajstić information content (AvgIpc) is 3.43. The lowest BCUT2D eigenvalue weighted by Crippen LogP contribution is -2.54. The summed E-state index contributed by atoms with van der Waals surface area (Å²) in [4.78, 5) is 17.4. The summed E-state index contributed by atoms with van der Waals surface area (Å²) in [5.74, 6) is 0.803. The van der Waals surface area contributed by atoms with Crippen LogP contribution in [0.25, 0.3) is 0 Å². The summed E-state index contributed by atoms with van der Waals surface area (Å²) in [7, 11) is 0. The summed E-state index contributed by atoms with van der Waals surface area (Å²) in [6, 6.07) is 4.78. The van der Waals surface area contributed by atoms with Gasteiger partial charge in [0.1, 0.15) is 6.10 Å². The fourth-order valence-electron chi connectivity index (χ4n) is 4.95. The number of hydrogen-bond acceptors (Lipinski definition) is 7. The van der Waals surface area contributed by atoms with Crippen LogP contribution in [0.2, 0.25) is 0 Å². The number of nitrogens with one attached hydrogen (secondary N) is 1. The van der Waals surface area contributed by atoms with Gasteiger partial charge in [0, 0.05) is 43.8 Å². The van der Waals surface area contributed by atoms with Gasteiger partial charge < -0.3 is 19.7 Å². The largest absolute Gasteiger partial charge is 0.405 e. The topological polar surface area (TPSA) is 94.7 Å². The molecule has 2 atom stereocenters. The van der Waals surface area contributed by atoms with Gasteiger partial charge in [0.05, 0.1) is 0 Å². The zero-order valence-electron chi connectivity index (χ0n) is 19.6. The Hall–Kier alpha value is -2.45. The van der Waals surface area contributed by atoms with E-state index in [9.17, 15) is 9.90 Å². The number of aliphatic hydroxyl groups excluding tert-OH is 1. The number of benzene rings is 1. The van der Waals surface area contributed by atoms with Crippen LogP contribution in [0.5, 0.6) is 0 Å². The van der Waals surface area contributed by atoms with E-state index in [1.54, 1.807) is 6.92 Å². The highest BCUT2D eigenvalue weighted by Crippen LogP contribution is 2.29. The highest BCUT2D eigenvalue weighted by molar-refractivity contribution is 5.79. The van der Waals surface area contributed by atoms with Gasteiger partial charge in [0.2, 0.25) is 11.8 Å². The van der Waals surface area contributed by atoms with E-state index < -0.39 is 6.10 Å². The second-order valence-electron chi connectivity index (χ2n) is 9.44. The summed E-state index contributed by atoms with van der Waals surface area (Å²) >= 11 is 0. The van der Waals surface area contributed by atoms with Crippen LogP contribution in [0.3, 0.4) is 0 Å². The summed E-state index contributed by atoms with van der Waals surface area (Å²) in [6.45, 7) is 11.3. The number of carbonyl (C=O) groups is 1. The van der Waals surface area contributed by atoms with Gasteiger partial charge >= 0.3 is 6.01 Å². The quantitative estimate of drug-likeness (QED) is 0.706. The van der Waals surface area contributed by atoms with Crippen molar-refractivity contribution in [2.75, 3.05) is 25.0 Å². The number of amides is 1. The monoisotopic (exact) mass is 441 g/mol. The van der Waals surface area contributed by atoms with Crippen molar-refractivity contribution in [1.82, 2.24) is 20.0 Å². The number of hydrogen-bond donors (Lipinski definition) is 2. The Labute approximate surface area is 190 Å². The standard InChI is InChI=1S/C24H35N5O3/c1-15-11-20(17(3)21(12-15)25-24-27-26-22(32-24)18(4)30)14-28-9-10-29(16(2)13-28)23(31)19-7-5-6-8-19/h11-12,16,18-19,30H,5-10,13-14H2,1-4H3,(H,25,27)/t16-,18?/m0/s1. The smallest absolute Gasteiger partial charge is 0.320 e. The normalized spacial score (nSPS) is 21.2. The fraction of sp³-hybridized carbons (Fsp3) is 0.625. The number of aryl methyl sites for hydroxylation is 1. The predicted octanol–water partition coefficient (Wildman–Crippen LogP) is 3.71. The van der Waals surface area contributed by atoms with Gasteiger partial charge in [0.25, 0.3) is 0 Å². The lowest BCUT2D eigenvalue weighted by atomic mass is 10.0. The Balaban J connectivity index is 1.42. The molecule has 2 aliphatic rings. The summed E-state index contributed by atoms with van der Waals surface area (Å²) in [5.41, 5.74) is 4.44. The summed E-state index contributed by atoms with van der Waals surface area (Å²) in [5, 5.41) is 20.7. The zero-order chi connectivity index (χ0) is 22.8. The Morgan fingerprint density at radius 3 is 2.66 bits per heavy atom. The summed E-state index contributed by atoms with van der Waals surface area (Å²) in [6.07, 6.45) is 3.70. The molecule has 2 fully saturated rings. The zero-order valence-corrected chi connectivity index (χ0v) is 19.6. The molecular weight excluding hydrogens is 406 g/mol. The second-order valence-corrected chi connectivity index (χ2v) is 9.44. The molecule has 0 bridgehead atoms. The Bertz CT molecular complexity index is 951. The number of nitrogens with zero attached hydrogens (tertiary/aromatic N) is 4. The van der Waals surface area contributed by atoms with Crippen molar-refractivity contribution >= 4 is 17.6 Å². The van der Waals surface area contributed by atoms with Gasteiger partial charge in [-0.25, -0.2) is 0 Å².